The summed E-state index contributed by atoms with van der Waals surface area (Å²) in [6.07, 6.45) is 70.9. The molecule has 0 aliphatic heterocycles. The second kappa shape index (κ2) is 54.2. The molecule has 0 saturated carbocycles. The molecular weight excluding hydrogens is 787 g/mol. The number of amides is 1. The summed E-state index contributed by atoms with van der Waals surface area (Å²) in [6, 6.07) is -0.820. The van der Waals surface area contributed by atoms with Gasteiger partial charge in [-0.2, -0.15) is 0 Å². The first-order chi connectivity index (χ1) is 31.6. The van der Waals surface area contributed by atoms with Gasteiger partial charge in [0, 0.05) is 0 Å². The molecule has 3 atom stereocenters. The maximum absolute atomic E-state index is 12.6. The summed E-state index contributed by atoms with van der Waals surface area (Å²) in [5, 5.41) is 33.3. The zero-order valence-electron chi connectivity index (χ0n) is 43.2. The molecule has 0 saturated heterocycles. The molecular formula is C59H113NO4. The van der Waals surface area contributed by atoms with E-state index in [2.05, 4.69) is 43.5 Å². The molecule has 0 aliphatic rings. The van der Waals surface area contributed by atoms with Gasteiger partial charge in [-0.05, 0) is 44.9 Å². The van der Waals surface area contributed by atoms with E-state index in [9.17, 15) is 20.1 Å². The highest BCUT2D eigenvalue weighted by atomic mass is 16.3. The second-order valence-electron chi connectivity index (χ2n) is 19.8. The van der Waals surface area contributed by atoms with Crippen LogP contribution in [0.2, 0.25) is 0 Å². The number of aliphatic hydroxyl groups excluding tert-OH is 3. The lowest BCUT2D eigenvalue weighted by atomic mass is 10.0. The van der Waals surface area contributed by atoms with Gasteiger partial charge >= 0.3 is 0 Å². The van der Waals surface area contributed by atoms with Crippen molar-refractivity contribution in [2.45, 2.75) is 327 Å². The predicted molar refractivity (Wildman–Crippen MR) is 282 cm³/mol. The van der Waals surface area contributed by atoms with Crippen molar-refractivity contribution in [1.82, 2.24) is 5.32 Å². The van der Waals surface area contributed by atoms with Crippen LogP contribution in [0.5, 0.6) is 0 Å². The van der Waals surface area contributed by atoms with Gasteiger partial charge in [0.1, 0.15) is 6.10 Å². The summed E-state index contributed by atoms with van der Waals surface area (Å²) in [5.41, 5.74) is 0. The van der Waals surface area contributed by atoms with Gasteiger partial charge in [0.05, 0.1) is 18.8 Å². The van der Waals surface area contributed by atoms with Gasteiger partial charge in [-0.25, -0.2) is 0 Å². The maximum atomic E-state index is 12.6. The van der Waals surface area contributed by atoms with E-state index in [1.165, 1.54) is 244 Å². The zero-order valence-corrected chi connectivity index (χ0v) is 43.2. The van der Waals surface area contributed by atoms with Crippen LogP contribution in [0.3, 0.4) is 0 Å². The van der Waals surface area contributed by atoms with Crippen molar-refractivity contribution in [2.24, 2.45) is 0 Å². The van der Waals surface area contributed by atoms with Crippen LogP contribution in [0.25, 0.3) is 0 Å². The smallest absolute Gasteiger partial charge is 0.249 e. The SMILES string of the molecule is CCCCCCCCCCCCCC/C=C/CC/C=C/CC/C=C/C(O)C(CO)NC(=O)C(O)CCCCCCCCCCCCCCCCCCCCCCCCCCCCCC. The lowest BCUT2D eigenvalue weighted by molar-refractivity contribution is -0.131. The molecule has 0 heterocycles. The van der Waals surface area contributed by atoms with Gasteiger partial charge in [-0.1, -0.05) is 301 Å². The number of carbonyl (C=O) groups excluding carboxylic acids is 1. The molecule has 5 heteroatoms. The number of carbonyl (C=O) groups is 1. The average Bonchev–Trinajstić information content (AvgIpc) is 3.30. The molecule has 0 aromatic carbocycles. The van der Waals surface area contributed by atoms with E-state index in [0.717, 1.165) is 44.9 Å². The molecule has 5 nitrogen and oxygen atoms in total. The third kappa shape index (κ3) is 48.5. The molecule has 4 N–H and O–H groups in total. The van der Waals surface area contributed by atoms with Crippen molar-refractivity contribution in [3.8, 4) is 0 Å². The first-order valence-electron chi connectivity index (χ1n) is 28.8. The Morgan fingerprint density at radius 3 is 0.953 bits per heavy atom. The first kappa shape index (κ1) is 62.6. The van der Waals surface area contributed by atoms with Crippen LogP contribution in [0.1, 0.15) is 309 Å². The molecule has 0 bridgehead atoms. The summed E-state index contributed by atoms with van der Waals surface area (Å²) in [4.78, 5) is 12.6. The highest BCUT2D eigenvalue weighted by Gasteiger charge is 2.22. The molecule has 378 valence electrons. The lowest BCUT2D eigenvalue weighted by Crippen LogP contribution is -2.48. The van der Waals surface area contributed by atoms with E-state index < -0.39 is 24.2 Å². The number of unbranched alkanes of at least 4 members (excludes halogenated alkanes) is 41. The fourth-order valence-electron chi connectivity index (χ4n) is 8.99. The van der Waals surface area contributed by atoms with Crippen molar-refractivity contribution in [3.05, 3.63) is 36.5 Å². The van der Waals surface area contributed by atoms with E-state index >= 15 is 0 Å². The number of aliphatic hydroxyl groups is 3. The standard InChI is InChI=1S/C59H113NO4/c1-3-5-7-9-11-13-15-17-19-21-23-25-27-28-29-30-31-32-34-36-38-40-42-44-46-48-50-52-54-58(63)59(64)60-56(55-61)57(62)53-51-49-47-45-43-41-39-37-35-33-26-24-22-20-18-16-14-12-10-8-6-4-2/h35,37,43,45,51,53,56-58,61-63H,3-34,36,38-42,44,46-50,52,54-55H2,1-2H3,(H,60,64)/b37-35+,45-43+,53-51+. The van der Waals surface area contributed by atoms with Crippen molar-refractivity contribution in [1.29, 1.82) is 0 Å². The fraction of sp³-hybridized carbons (Fsp3) is 0.881. The molecule has 0 rings (SSSR count). The van der Waals surface area contributed by atoms with Crippen molar-refractivity contribution in [3.63, 3.8) is 0 Å². The Kier molecular flexibility index (Phi) is 53.0. The Hall–Kier alpha value is -1.43. The molecule has 0 fully saturated rings. The Morgan fingerprint density at radius 2 is 0.641 bits per heavy atom. The van der Waals surface area contributed by atoms with Gasteiger partial charge in [-0.15, -0.1) is 0 Å². The Balaban J connectivity index is 3.59. The Bertz CT molecular complexity index is 993. The zero-order chi connectivity index (χ0) is 46.5. The summed E-state index contributed by atoms with van der Waals surface area (Å²) < 4.78 is 0. The minimum absolute atomic E-state index is 0.379. The van der Waals surface area contributed by atoms with E-state index in [1.807, 2.05) is 6.08 Å². The second-order valence-corrected chi connectivity index (χ2v) is 19.8. The molecule has 0 aliphatic carbocycles. The fourth-order valence-corrected chi connectivity index (χ4v) is 8.99. The van der Waals surface area contributed by atoms with Gasteiger partial charge < -0.3 is 20.6 Å². The monoisotopic (exact) mass is 900 g/mol. The lowest BCUT2D eigenvalue weighted by Gasteiger charge is -2.21. The molecule has 3 unspecified atom stereocenters. The average molecular weight is 901 g/mol. The van der Waals surface area contributed by atoms with Crippen LogP contribution in [0, 0.1) is 0 Å². The third-order valence-corrected chi connectivity index (χ3v) is 13.5. The molecule has 0 spiro atoms. The topological polar surface area (TPSA) is 89.8 Å². The molecule has 64 heavy (non-hydrogen) atoms. The van der Waals surface area contributed by atoms with Crippen LogP contribution in [0.15, 0.2) is 36.5 Å². The predicted octanol–water partition coefficient (Wildman–Crippen LogP) is 17.8. The van der Waals surface area contributed by atoms with E-state index in [1.54, 1.807) is 6.08 Å². The minimum Gasteiger partial charge on any atom is -0.394 e. The highest BCUT2D eigenvalue weighted by molar-refractivity contribution is 5.80. The van der Waals surface area contributed by atoms with Crippen molar-refractivity contribution < 1.29 is 20.1 Å². The Labute approximate surface area is 400 Å². The number of hydrogen-bond donors (Lipinski definition) is 4. The molecule has 0 aromatic heterocycles. The van der Waals surface area contributed by atoms with Crippen LogP contribution >= 0.6 is 0 Å². The van der Waals surface area contributed by atoms with E-state index in [0.29, 0.717) is 6.42 Å². The van der Waals surface area contributed by atoms with Crippen LogP contribution < -0.4 is 5.32 Å². The van der Waals surface area contributed by atoms with E-state index in [4.69, 9.17) is 0 Å². The van der Waals surface area contributed by atoms with Gasteiger partial charge in [0.2, 0.25) is 5.91 Å². The summed E-state index contributed by atoms with van der Waals surface area (Å²) in [6.45, 7) is 4.20. The third-order valence-electron chi connectivity index (χ3n) is 13.5. The number of allylic oxidation sites excluding steroid dienone is 5. The van der Waals surface area contributed by atoms with E-state index in [-0.39, 0.29) is 6.61 Å². The highest BCUT2D eigenvalue weighted by Crippen LogP contribution is 2.18. The largest absolute Gasteiger partial charge is 0.394 e. The van der Waals surface area contributed by atoms with Gasteiger partial charge in [0.15, 0.2) is 0 Å². The van der Waals surface area contributed by atoms with Crippen LogP contribution in [-0.2, 0) is 4.79 Å². The number of hydrogen-bond acceptors (Lipinski definition) is 4. The Morgan fingerprint density at radius 1 is 0.375 bits per heavy atom. The van der Waals surface area contributed by atoms with Gasteiger partial charge in [-0.3, -0.25) is 4.79 Å². The summed E-state index contributed by atoms with van der Waals surface area (Å²) >= 11 is 0. The summed E-state index contributed by atoms with van der Waals surface area (Å²) in [7, 11) is 0. The summed E-state index contributed by atoms with van der Waals surface area (Å²) in [5.74, 6) is -0.511. The first-order valence-corrected chi connectivity index (χ1v) is 28.8. The van der Waals surface area contributed by atoms with Crippen LogP contribution in [-0.4, -0.2) is 46.1 Å². The van der Waals surface area contributed by atoms with Crippen molar-refractivity contribution >= 4 is 5.91 Å². The quantitative estimate of drug-likeness (QED) is 0.0362. The molecule has 0 aromatic rings. The maximum Gasteiger partial charge on any atom is 0.249 e. The minimum atomic E-state index is -1.11. The number of rotatable bonds is 53. The van der Waals surface area contributed by atoms with Crippen LogP contribution in [0.4, 0.5) is 0 Å². The molecule has 0 radical (unpaired) electrons. The van der Waals surface area contributed by atoms with Gasteiger partial charge in [0.25, 0.3) is 0 Å². The number of nitrogens with one attached hydrogen (secondary N) is 1. The molecule has 1 amide bonds. The normalized spacial score (nSPS) is 13.5. The van der Waals surface area contributed by atoms with Crippen molar-refractivity contribution in [2.75, 3.05) is 6.61 Å².